The second-order valence-corrected chi connectivity index (χ2v) is 10.7. The van der Waals surface area contributed by atoms with Crippen molar-refractivity contribution in [2.75, 3.05) is 24.2 Å². The highest BCUT2D eigenvalue weighted by atomic mass is 35.5. The van der Waals surface area contributed by atoms with Gasteiger partial charge in [0, 0.05) is 27.7 Å². The highest BCUT2D eigenvalue weighted by Gasteiger charge is 2.24. The van der Waals surface area contributed by atoms with Crippen LogP contribution in [-0.4, -0.2) is 45.0 Å². The number of amides is 1. The molecule has 0 unspecified atom stereocenters. The number of anilines is 1. The molecule has 1 amide bonds. The normalized spacial score (nSPS) is 11.6. The van der Waals surface area contributed by atoms with E-state index in [2.05, 4.69) is 47.1 Å². The molecule has 1 aromatic heterocycles. The number of hydrogen-bond acceptors (Lipinski definition) is 5. The lowest BCUT2D eigenvalue weighted by Crippen LogP contribution is -2.39. The van der Waals surface area contributed by atoms with Crippen molar-refractivity contribution in [3.8, 4) is 11.4 Å². The standard InChI is InChI=1S/C25H29ClN4O4S/c1-16-9-17(2)11-22(10-16)30-18(3)12-20(19(30)4)14-27-28-25(31)15-29(35(6,32)33)23-13-21(26)7-8-24(23)34-5/h7-14H,15H2,1-6H3,(H,28,31)/b27-14+. The molecular weight excluding hydrogens is 488 g/mol. The zero-order valence-electron chi connectivity index (χ0n) is 20.6. The first-order valence-electron chi connectivity index (χ1n) is 10.8. The predicted octanol–water partition coefficient (Wildman–Crippen LogP) is 4.29. The largest absolute Gasteiger partial charge is 0.495 e. The molecule has 2 aromatic carbocycles. The molecule has 0 atom stereocenters. The number of nitrogens with one attached hydrogen (secondary N) is 1. The molecule has 0 aliphatic heterocycles. The lowest BCUT2D eigenvalue weighted by Gasteiger charge is -2.23. The minimum atomic E-state index is -3.81. The Balaban J connectivity index is 1.80. The summed E-state index contributed by atoms with van der Waals surface area (Å²) < 4.78 is 33.1. The summed E-state index contributed by atoms with van der Waals surface area (Å²) >= 11 is 6.04. The summed E-state index contributed by atoms with van der Waals surface area (Å²) in [7, 11) is -2.40. The second-order valence-electron chi connectivity index (χ2n) is 8.39. The first-order valence-corrected chi connectivity index (χ1v) is 13.0. The van der Waals surface area contributed by atoms with Gasteiger partial charge in [0.15, 0.2) is 0 Å². The third kappa shape index (κ3) is 6.23. The molecule has 0 bridgehead atoms. The van der Waals surface area contributed by atoms with E-state index in [1.807, 2.05) is 19.9 Å². The Hall–Kier alpha value is -3.30. The number of ether oxygens (including phenoxy) is 1. The van der Waals surface area contributed by atoms with Crippen LogP contribution >= 0.6 is 11.6 Å². The van der Waals surface area contributed by atoms with Gasteiger partial charge in [0.05, 0.1) is 25.3 Å². The van der Waals surface area contributed by atoms with Gasteiger partial charge in [-0.2, -0.15) is 5.10 Å². The van der Waals surface area contributed by atoms with E-state index < -0.39 is 22.5 Å². The number of methoxy groups -OCH3 is 1. The van der Waals surface area contributed by atoms with Gasteiger partial charge in [-0.3, -0.25) is 9.10 Å². The number of benzene rings is 2. The van der Waals surface area contributed by atoms with Gasteiger partial charge in [-0.05, 0) is 75.2 Å². The summed E-state index contributed by atoms with van der Waals surface area (Å²) in [5.74, 6) is -0.341. The van der Waals surface area contributed by atoms with Crippen LogP contribution in [0.25, 0.3) is 5.69 Å². The van der Waals surface area contributed by atoms with E-state index in [-0.39, 0.29) is 11.4 Å². The van der Waals surface area contributed by atoms with Crippen molar-refractivity contribution >= 4 is 39.4 Å². The fourth-order valence-corrected chi connectivity index (χ4v) is 4.99. The zero-order chi connectivity index (χ0) is 25.9. The Bertz CT molecular complexity index is 1380. The van der Waals surface area contributed by atoms with Crippen LogP contribution in [0.2, 0.25) is 5.02 Å². The van der Waals surface area contributed by atoms with Gasteiger partial charge in [0.2, 0.25) is 10.0 Å². The first-order chi connectivity index (χ1) is 16.4. The van der Waals surface area contributed by atoms with Crippen molar-refractivity contribution in [2.45, 2.75) is 27.7 Å². The summed E-state index contributed by atoms with van der Waals surface area (Å²) in [6.45, 7) is 7.60. The summed E-state index contributed by atoms with van der Waals surface area (Å²) in [6.07, 6.45) is 2.55. The number of hydrazone groups is 1. The van der Waals surface area contributed by atoms with Crippen molar-refractivity contribution in [1.29, 1.82) is 0 Å². The lowest BCUT2D eigenvalue weighted by molar-refractivity contribution is -0.119. The molecule has 0 radical (unpaired) electrons. The van der Waals surface area contributed by atoms with Gasteiger partial charge in [-0.1, -0.05) is 17.7 Å². The average Bonchev–Trinajstić information content (AvgIpc) is 3.03. The molecule has 8 nitrogen and oxygen atoms in total. The van der Waals surface area contributed by atoms with E-state index in [1.54, 1.807) is 12.3 Å². The molecule has 186 valence electrons. The van der Waals surface area contributed by atoms with Crippen LogP contribution in [0.5, 0.6) is 5.75 Å². The molecule has 0 saturated heterocycles. The van der Waals surface area contributed by atoms with Gasteiger partial charge in [0.1, 0.15) is 12.3 Å². The fourth-order valence-electron chi connectivity index (χ4n) is 3.97. The number of aromatic nitrogens is 1. The summed E-state index contributed by atoms with van der Waals surface area (Å²) in [4.78, 5) is 12.6. The molecule has 0 aliphatic rings. The molecule has 0 spiro atoms. The van der Waals surface area contributed by atoms with Crippen molar-refractivity contribution in [2.24, 2.45) is 5.10 Å². The Morgan fingerprint density at radius 1 is 1.11 bits per heavy atom. The fraction of sp³-hybridized carbons (Fsp3) is 0.280. The van der Waals surface area contributed by atoms with Crippen LogP contribution in [-0.2, 0) is 14.8 Å². The zero-order valence-corrected chi connectivity index (χ0v) is 22.2. The van der Waals surface area contributed by atoms with Crippen molar-refractivity contribution in [3.05, 3.63) is 75.6 Å². The van der Waals surface area contributed by atoms with Gasteiger partial charge in [-0.25, -0.2) is 13.8 Å². The number of rotatable bonds is 8. The summed E-state index contributed by atoms with van der Waals surface area (Å²) in [5, 5.41) is 4.37. The molecule has 0 aliphatic carbocycles. The third-order valence-corrected chi connectivity index (χ3v) is 6.79. The maximum atomic E-state index is 12.6. The SMILES string of the molecule is COc1ccc(Cl)cc1N(CC(=O)N/N=C/c1cc(C)n(-c2cc(C)cc(C)c2)c1C)S(C)(=O)=O. The van der Waals surface area contributed by atoms with Gasteiger partial charge >= 0.3 is 0 Å². The van der Waals surface area contributed by atoms with Gasteiger partial charge in [0.25, 0.3) is 5.91 Å². The number of carbonyl (C=O) groups is 1. The number of hydrogen-bond donors (Lipinski definition) is 1. The molecule has 35 heavy (non-hydrogen) atoms. The molecule has 10 heteroatoms. The highest BCUT2D eigenvalue weighted by molar-refractivity contribution is 7.92. The van der Waals surface area contributed by atoms with E-state index in [9.17, 15) is 13.2 Å². The number of nitrogens with zero attached hydrogens (tertiary/aromatic N) is 3. The Morgan fingerprint density at radius 3 is 2.37 bits per heavy atom. The first kappa shape index (κ1) is 26.3. The molecular formula is C25H29ClN4O4S. The maximum absolute atomic E-state index is 12.6. The molecule has 0 saturated carbocycles. The topological polar surface area (TPSA) is 93.0 Å². The second kappa shape index (κ2) is 10.5. The Morgan fingerprint density at radius 2 is 1.77 bits per heavy atom. The minimum Gasteiger partial charge on any atom is -0.495 e. The van der Waals surface area contributed by atoms with Crippen LogP contribution in [0.4, 0.5) is 5.69 Å². The Kier molecular flexibility index (Phi) is 7.92. The number of halogens is 1. The monoisotopic (exact) mass is 516 g/mol. The number of aryl methyl sites for hydroxylation is 3. The summed E-state index contributed by atoms with van der Waals surface area (Å²) in [5.41, 5.74) is 8.79. The number of carbonyl (C=O) groups excluding carboxylic acids is 1. The van der Waals surface area contributed by atoms with Crippen molar-refractivity contribution < 1.29 is 17.9 Å². The smallest absolute Gasteiger partial charge is 0.260 e. The molecule has 1 N–H and O–H groups in total. The quantitative estimate of drug-likeness (QED) is 0.357. The van der Waals surface area contributed by atoms with Gasteiger partial charge < -0.3 is 9.30 Å². The molecule has 1 heterocycles. The molecule has 3 aromatic rings. The van der Waals surface area contributed by atoms with Crippen molar-refractivity contribution in [1.82, 2.24) is 9.99 Å². The van der Waals surface area contributed by atoms with Crippen LogP contribution in [0.3, 0.4) is 0 Å². The van der Waals surface area contributed by atoms with Crippen LogP contribution in [0, 0.1) is 27.7 Å². The predicted molar refractivity (Wildman–Crippen MR) is 141 cm³/mol. The van der Waals surface area contributed by atoms with E-state index in [0.29, 0.717) is 5.02 Å². The van der Waals surface area contributed by atoms with E-state index in [0.717, 1.165) is 33.2 Å². The van der Waals surface area contributed by atoms with E-state index >= 15 is 0 Å². The van der Waals surface area contributed by atoms with Gasteiger partial charge in [-0.15, -0.1) is 0 Å². The van der Waals surface area contributed by atoms with Crippen LogP contribution in [0.15, 0.2) is 47.6 Å². The van der Waals surface area contributed by atoms with E-state index in [1.165, 1.54) is 30.4 Å². The van der Waals surface area contributed by atoms with Crippen LogP contribution < -0.4 is 14.5 Å². The Labute approximate surface area is 211 Å². The average molecular weight is 517 g/mol. The molecule has 0 fully saturated rings. The maximum Gasteiger partial charge on any atom is 0.260 e. The van der Waals surface area contributed by atoms with Crippen LogP contribution in [0.1, 0.15) is 28.1 Å². The molecule has 3 rings (SSSR count). The highest BCUT2D eigenvalue weighted by Crippen LogP contribution is 2.32. The minimum absolute atomic E-state index is 0.165. The lowest BCUT2D eigenvalue weighted by atomic mass is 10.1. The number of sulfonamides is 1. The summed E-state index contributed by atoms with van der Waals surface area (Å²) in [6, 6.07) is 12.9. The third-order valence-electron chi connectivity index (χ3n) is 5.42. The van der Waals surface area contributed by atoms with E-state index in [4.69, 9.17) is 16.3 Å². The van der Waals surface area contributed by atoms with Crippen molar-refractivity contribution in [3.63, 3.8) is 0 Å².